The fourth-order valence-corrected chi connectivity index (χ4v) is 1.31. The monoisotopic (exact) mass is 230 g/mol. The molecule has 4 heteroatoms. The van der Waals surface area contributed by atoms with Crippen LogP contribution in [-0.2, 0) is 0 Å². The Balaban J connectivity index is 2.06. The number of phenols is 1. The molecule has 17 heavy (non-hydrogen) atoms. The van der Waals surface area contributed by atoms with Crippen LogP contribution in [0.5, 0.6) is 5.75 Å². The molecule has 0 spiro atoms. The van der Waals surface area contributed by atoms with E-state index in [9.17, 15) is 4.39 Å². The molecule has 0 aliphatic rings. The first-order valence-electron chi connectivity index (χ1n) is 5.08. The predicted molar refractivity (Wildman–Crippen MR) is 65.7 cm³/mol. The van der Waals surface area contributed by atoms with Crippen LogP contribution in [0.3, 0.4) is 0 Å². The highest BCUT2D eigenvalue weighted by molar-refractivity contribution is 5.80. The van der Waals surface area contributed by atoms with Crippen molar-refractivity contribution in [2.24, 2.45) is 5.10 Å². The molecule has 0 aliphatic carbocycles. The van der Waals surface area contributed by atoms with Crippen LogP contribution in [-0.4, -0.2) is 11.3 Å². The number of phenolic OH excluding ortho intramolecular Hbond substituents is 1. The number of hydrogen-bond acceptors (Lipinski definition) is 3. The van der Waals surface area contributed by atoms with Crippen LogP contribution in [0.1, 0.15) is 5.56 Å². The van der Waals surface area contributed by atoms with Crippen LogP contribution in [0.2, 0.25) is 0 Å². The molecule has 86 valence electrons. The van der Waals surface area contributed by atoms with Gasteiger partial charge in [-0.25, -0.2) is 4.39 Å². The van der Waals surface area contributed by atoms with Crippen molar-refractivity contribution in [1.82, 2.24) is 0 Å². The number of rotatable bonds is 3. The van der Waals surface area contributed by atoms with E-state index in [1.165, 1.54) is 18.3 Å². The number of nitrogens with one attached hydrogen (secondary N) is 1. The summed E-state index contributed by atoms with van der Waals surface area (Å²) in [7, 11) is 0. The molecule has 2 rings (SSSR count). The average molecular weight is 230 g/mol. The first-order valence-corrected chi connectivity index (χ1v) is 5.08. The minimum absolute atomic E-state index is 0.101. The lowest BCUT2D eigenvalue weighted by molar-refractivity contribution is 0.469. The standard InChI is InChI=1S/C13H11FN2O/c14-13-8-12(17)7-6-10(13)9-15-16-11-4-2-1-3-5-11/h1-9,16-17H. The van der Waals surface area contributed by atoms with Crippen LogP contribution in [0.4, 0.5) is 10.1 Å². The van der Waals surface area contributed by atoms with E-state index in [1.54, 1.807) is 0 Å². The van der Waals surface area contributed by atoms with Gasteiger partial charge in [-0.05, 0) is 24.3 Å². The fraction of sp³-hybridized carbons (Fsp3) is 0. The summed E-state index contributed by atoms with van der Waals surface area (Å²) in [6.45, 7) is 0. The van der Waals surface area contributed by atoms with Crippen molar-refractivity contribution in [2.75, 3.05) is 5.43 Å². The number of para-hydroxylation sites is 1. The molecular weight excluding hydrogens is 219 g/mol. The van der Waals surface area contributed by atoms with Crippen LogP contribution in [0.25, 0.3) is 0 Å². The summed E-state index contributed by atoms with van der Waals surface area (Å²) in [5, 5.41) is 12.9. The maximum Gasteiger partial charge on any atom is 0.135 e. The maximum absolute atomic E-state index is 13.3. The van der Waals surface area contributed by atoms with Gasteiger partial charge < -0.3 is 5.11 Å². The van der Waals surface area contributed by atoms with Crippen molar-refractivity contribution < 1.29 is 9.50 Å². The van der Waals surface area contributed by atoms with Gasteiger partial charge in [-0.3, -0.25) is 5.43 Å². The second-order valence-corrected chi connectivity index (χ2v) is 3.44. The Kier molecular flexibility index (Phi) is 3.35. The van der Waals surface area contributed by atoms with Gasteiger partial charge in [0, 0.05) is 11.6 Å². The van der Waals surface area contributed by atoms with E-state index in [4.69, 9.17) is 5.11 Å². The fourth-order valence-electron chi connectivity index (χ4n) is 1.31. The molecule has 0 aromatic heterocycles. The molecule has 0 atom stereocenters. The van der Waals surface area contributed by atoms with Crippen LogP contribution in [0, 0.1) is 5.82 Å². The molecule has 0 fully saturated rings. The van der Waals surface area contributed by atoms with Crippen LogP contribution >= 0.6 is 0 Å². The molecule has 0 radical (unpaired) electrons. The summed E-state index contributed by atoms with van der Waals surface area (Å²) in [4.78, 5) is 0. The van der Waals surface area contributed by atoms with Crippen molar-refractivity contribution in [1.29, 1.82) is 0 Å². The second-order valence-electron chi connectivity index (χ2n) is 3.44. The molecular formula is C13H11FN2O. The van der Waals surface area contributed by atoms with Crippen molar-refractivity contribution in [3.8, 4) is 5.75 Å². The highest BCUT2D eigenvalue weighted by Crippen LogP contribution is 2.13. The predicted octanol–water partition coefficient (Wildman–Crippen LogP) is 2.98. The average Bonchev–Trinajstić information content (AvgIpc) is 2.33. The number of aromatic hydroxyl groups is 1. The molecule has 2 aromatic carbocycles. The van der Waals surface area contributed by atoms with Gasteiger partial charge in [-0.1, -0.05) is 18.2 Å². The molecule has 0 bridgehead atoms. The van der Waals surface area contributed by atoms with Gasteiger partial charge >= 0.3 is 0 Å². The summed E-state index contributed by atoms with van der Waals surface area (Å²) in [6.07, 6.45) is 1.36. The highest BCUT2D eigenvalue weighted by Gasteiger charge is 1.99. The third-order valence-corrected chi connectivity index (χ3v) is 2.16. The topological polar surface area (TPSA) is 44.6 Å². The Labute approximate surface area is 98.2 Å². The zero-order valence-electron chi connectivity index (χ0n) is 8.97. The minimum atomic E-state index is -0.511. The van der Waals surface area contributed by atoms with E-state index in [2.05, 4.69) is 10.5 Å². The largest absolute Gasteiger partial charge is 0.508 e. The van der Waals surface area contributed by atoms with E-state index in [0.717, 1.165) is 11.8 Å². The van der Waals surface area contributed by atoms with Gasteiger partial charge in [0.1, 0.15) is 11.6 Å². The lowest BCUT2D eigenvalue weighted by atomic mass is 10.2. The normalized spacial score (nSPS) is 10.6. The van der Waals surface area contributed by atoms with Gasteiger partial charge in [-0.2, -0.15) is 5.10 Å². The molecule has 3 nitrogen and oxygen atoms in total. The molecule has 0 amide bonds. The van der Waals surface area contributed by atoms with Gasteiger partial charge in [0.15, 0.2) is 0 Å². The summed E-state index contributed by atoms with van der Waals surface area (Å²) in [5.74, 6) is -0.612. The summed E-state index contributed by atoms with van der Waals surface area (Å²) in [6, 6.07) is 13.3. The van der Waals surface area contributed by atoms with Crippen LogP contribution in [0.15, 0.2) is 53.6 Å². The third kappa shape index (κ3) is 3.04. The van der Waals surface area contributed by atoms with Crippen molar-refractivity contribution in [2.45, 2.75) is 0 Å². The quantitative estimate of drug-likeness (QED) is 0.629. The lowest BCUT2D eigenvalue weighted by Gasteiger charge is -1.99. The Bertz CT molecular complexity index is 526. The van der Waals surface area contributed by atoms with Gasteiger partial charge in [-0.15, -0.1) is 0 Å². The van der Waals surface area contributed by atoms with Crippen molar-refractivity contribution in [3.63, 3.8) is 0 Å². The number of anilines is 1. The van der Waals surface area contributed by atoms with Crippen molar-refractivity contribution in [3.05, 3.63) is 59.9 Å². The minimum Gasteiger partial charge on any atom is -0.508 e. The van der Waals surface area contributed by atoms with Crippen molar-refractivity contribution >= 4 is 11.9 Å². The smallest absolute Gasteiger partial charge is 0.135 e. The van der Waals surface area contributed by atoms with Crippen LogP contribution < -0.4 is 5.43 Å². The van der Waals surface area contributed by atoms with E-state index in [-0.39, 0.29) is 5.75 Å². The number of hydrogen-bond donors (Lipinski definition) is 2. The van der Waals surface area contributed by atoms with E-state index in [0.29, 0.717) is 5.56 Å². The van der Waals surface area contributed by atoms with Gasteiger partial charge in [0.25, 0.3) is 0 Å². The molecule has 0 saturated carbocycles. The molecule has 0 heterocycles. The van der Waals surface area contributed by atoms with E-state index < -0.39 is 5.82 Å². The Morgan fingerprint density at radius 1 is 1.12 bits per heavy atom. The summed E-state index contributed by atoms with van der Waals surface area (Å²) < 4.78 is 13.3. The molecule has 0 unspecified atom stereocenters. The number of halogens is 1. The zero-order chi connectivity index (χ0) is 12.1. The first-order chi connectivity index (χ1) is 8.25. The summed E-state index contributed by atoms with van der Waals surface area (Å²) >= 11 is 0. The second kappa shape index (κ2) is 5.12. The number of hydrazone groups is 1. The van der Waals surface area contributed by atoms with Gasteiger partial charge in [0.2, 0.25) is 0 Å². The Morgan fingerprint density at radius 3 is 2.59 bits per heavy atom. The zero-order valence-corrected chi connectivity index (χ0v) is 8.97. The third-order valence-electron chi connectivity index (χ3n) is 2.16. The molecule has 0 aliphatic heterocycles. The van der Waals surface area contributed by atoms with Gasteiger partial charge in [0.05, 0.1) is 11.9 Å². The lowest BCUT2D eigenvalue weighted by Crippen LogP contribution is -1.92. The maximum atomic E-state index is 13.3. The number of benzene rings is 2. The van der Waals surface area contributed by atoms with E-state index in [1.807, 2.05) is 30.3 Å². The van der Waals surface area contributed by atoms with E-state index >= 15 is 0 Å². The Morgan fingerprint density at radius 2 is 1.88 bits per heavy atom. The molecule has 2 N–H and O–H groups in total. The highest BCUT2D eigenvalue weighted by atomic mass is 19.1. The number of nitrogens with zero attached hydrogens (tertiary/aromatic N) is 1. The molecule has 0 saturated heterocycles. The SMILES string of the molecule is Oc1ccc(C=NNc2ccccc2)c(F)c1. The molecule has 2 aromatic rings. The Hall–Kier alpha value is -2.36. The summed E-state index contributed by atoms with van der Waals surface area (Å²) in [5.41, 5.74) is 3.91. The first kappa shape index (κ1) is 11.1.